The number of carbonyl (C=O) groups is 1. The summed E-state index contributed by atoms with van der Waals surface area (Å²) in [7, 11) is -2.29. The van der Waals surface area contributed by atoms with Crippen LogP contribution in [-0.2, 0) is 14.8 Å². The minimum atomic E-state index is -3.71. The molecule has 152 valence electrons. The van der Waals surface area contributed by atoms with Gasteiger partial charge in [0.2, 0.25) is 15.9 Å². The number of anilines is 1. The maximum Gasteiger partial charge on any atom is 0.240 e. The molecule has 0 unspecified atom stereocenters. The topological polar surface area (TPSA) is 75.7 Å². The molecule has 0 aliphatic carbocycles. The molecule has 0 saturated carbocycles. The van der Waals surface area contributed by atoms with Gasteiger partial charge in [0.1, 0.15) is 12.3 Å². The second-order valence-corrected chi connectivity index (χ2v) is 9.61. The molecule has 0 fully saturated rings. The summed E-state index contributed by atoms with van der Waals surface area (Å²) in [6.45, 7) is 2.09. The average molecular weight is 443 g/mol. The van der Waals surface area contributed by atoms with Crippen molar-refractivity contribution in [3.8, 4) is 5.75 Å². The van der Waals surface area contributed by atoms with E-state index in [2.05, 4.69) is 5.32 Å². The molecule has 0 radical (unpaired) electrons. The molecule has 0 heterocycles. The van der Waals surface area contributed by atoms with Gasteiger partial charge in [-0.2, -0.15) is 0 Å². The van der Waals surface area contributed by atoms with E-state index < -0.39 is 15.9 Å². The molecule has 1 N–H and O–H groups in total. The molecule has 6 nitrogen and oxygen atoms in total. The summed E-state index contributed by atoms with van der Waals surface area (Å²) in [5.74, 6) is 0.586. The first-order valence-corrected chi connectivity index (χ1v) is 11.7. The summed E-state index contributed by atoms with van der Waals surface area (Å²) in [5.41, 5.74) is 1.41. The van der Waals surface area contributed by atoms with Crippen molar-refractivity contribution >= 4 is 45.0 Å². The van der Waals surface area contributed by atoms with Crippen LogP contribution in [0, 0.1) is 6.92 Å². The van der Waals surface area contributed by atoms with Gasteiger partial charge in [0, 0.05) is 22.2 Å². The van der Waals surface area contributed by atoms with E-state index in [1.54, 1.807) is 23.9 Å². The summed E-state index contributed by atoms with van der Waals surface area (Å²) in [5, 5.41) is 3.10. The fourth-order valence-electron chi connectivity index (χ4n) is 2.42. The first-order chi connectivity index (χ1) is 13.2. The van der Waals surface area contributed by atoms with E-state index in [0.29, 0.717) is 23.1 Å². The van der Waals surface area contributed by atoms with E-state index in [0.717, 1.165) is 15.5 Å². The summed E-state index contributed by atoms with van der Waals surface area (Å²) < 4.78 is 30.7. The number of ether oxygens (including phenoxy) is 1. The highest BCUT2D eigenvalue weighted by Crippen LogP contribution is 2.32. The highest BCUT2D eigenvalue weighted by Gasteiger charge is 2.24. The van der Waals surface area contributed by atoms with Crippen LogP contribution in [0.2, 0.25) is 5.02 Å². The van der Waals surface area contributed by atoms with Gasteiger partial charge in [0.25, 0.3) is 0 Å². The first kappa shape index (κ1) is 22.4. The number of benzene rings is 2. The van der Waals surface area contributed by atoms with Crippen LogP contribution >= 0.6 is 23.4 Å². The summed E-state index contributed by atoms with van der Waals surface area (Å²) in [6, 6.07) is 12.7. The Morgan fingerprint density at radius 3 is 2.50 bits per heavy atom. The lowest BCUT2D eigenvalue weighted by atomic mass is 10.2. The van der Waals surface area contributed by atoms with Crippen LogP contribution in [0.25, 0.3) is 0 Å². The molecular formula is C19H23ClN2O4S2. The Morgan fingerprint density at radius 1 is 1.21 bits per heavy atom. The number of sulfonamides is 1. The zero-order valence-electron chi connectivity index (χ0n) is 15.9. The SMILES string of the molecule is COc1ccc(Cl)cc1N(CC(=O)NCCSc1ccc(C)cc1)S(C)(=O)=O. The van der Waals surface area contributed by atoms with E-state index in [4.69, 9.17) is 16.3 Å². The molecular weight excluding hydrogens is 420 g/mol. The number of carbonyl (C=O) groups excluding carboxylic acids is 1. The highest BCUT2D eigenvalue weighted by atomic mass is 35.5. The number of halogens is 1. The lowest BCUT2D eigenvalue weighted by molar-refractivity contribution is -0.119. The Hall–Kier alpha value is -1.90. The van der Waals surface area contributed by atoms with Crippen LogP contribution in [-0.4, -0.2) is 46.5 Å². The predicted octanol–water partition coefficient (Wildman–Crippen LogP) is 3.33. The van der Waals surface area contributed by atoms with Gasteiger partial charge in [-0.05, 0) is 37.3 Å². The molecule has 2 aromatic rings. The smallest absolute Gasteiger partial charge is 0.240 e. The largest absolute Gasteiger partial charge is 0.495 e. The van der Waals surface area contributed by atoms with Crippen molar-refractivity contribution in [3.63, 3.8) is 0 Å². The molecule has 9 heteroatoms. The first-order valence-electron chi connectivity index (χ1n) is 8.48. The number of methoxy groups -OCH3 is 1. The van der Waals surface area contributed by atoms with Gasteiger partial charge >= 0.3 is 0 Å². The van der Waals surface area contributed by atoms with E-state index >= 15 is 0 Å². The number of nitrogens with one attached hydrogen (secondary N) is 1. The predicted molar refractivity (Wildman–Crippen MR) is 115 cm³/mol. The van der Waals surface area contributed by atoms with E-state index in [1.165, 1.54) is 18.7 Å². The number of hydrogen-bond acceptors (Lipinski definition) is 5. The van der Waals surface area contributed by atoms with Gasteiger partial charge in [0.05, 0.1) is 19.1 Å². The lowest BCUT2D eigenvalue weighted by Crippen LogP contribution is -2.41. The lowest BCUT2D eigenvalue weighted by Gasteiger charge is -2.24. The second-order valence-electron chi connectivity index (χ2n) is 6.10. The molecule has 0 aromatic heterocycles. The Morgan fingerprint density at radius 2 is 1.89 bits per heavy atom. The van der Waals surface area contributed by atoms with Crippen molar-refractivity contribution in [2.24, 2.45) is 0 Å². The molecule has 2 rings (SSSR count). The minimum absolute atomic E-state index is 0.224. The summed E-state index contributed by atoms with van der Waals surface area (Å²) in [4.78, 5) is 13.4. The monoisotopic (exact) mass is 442 g/mol. The van der Waals surface area contributed by atoms with Gasteiger partial charge in [-0.1, -0.05) is 29.3 Å². The molecule has 0 aliphatic rings. The van der Waals surface area contributed by atoms with Crippen molar-refractivity contribution in [3.05, 3.63) is 53.1 Å². The fraction of sp³-hybridized carbons (Fsp3) is 0.316. The third-order valence-corrected chi connectivity index (χ3v) is 6.19. The van der Waals surface area contributed by atoms with Gasteiger partial charge < -0.3 is 10.1 Å². The van der Waals surface area contributed by atoms with E-state index in [9.17, 15) is 13.2 Å². The Bertz CT molecular complexity index is 918. The normalized spacial score (nSPS) is 11.1. The van der Waals surface area contributed by atoms with Crippen LogP contribution in [0.4, 0.5) is 5.69 Å². The van der Waals surface area contributed by atoms with Gasteiger partial charge in [-0.3, -0.25) is 9.10 Å². The molecule has 28 heavy (non-hydrogen) atoms. The van der Waals surface area contributed by atoms with Crippen LogP contribution in [0.3, 0.4) is 0 Å². The van der Waals surface area contributed by atoms with E-state index in [-0.39, 0.29) is 12.2 Å². The van der Waals surface area contributed by atoms with Crippen molar-refractivity contribution in [2.75, 3.05) is 36.5 Å². The molecule has 2 aromatic carbocycles. The number of nitrogens with zero attached hydrogens (tertiary/aromatic N) is 1. The van der Waals surface area contributed by atoms with Crippen molar-refractivity contribution in [1.82, 2.24) is 5.32 Å². The third-order valence-electron chi connectivity index (χ3n) is 3.81. The molecule has 0 atom stereocenters. The zero-order chi connectivity index (χ0) is 20.7. The molecule has 0 aliphatic heterocycles. The number of rotatable bonds is 9. The van der Waals surface area contributed by atoms with Gasteiger partial charge in [-0.25, -0.2) is 8.42 Å². The Balaban J connectivity index is 1.98. The maximum atomic E-state index is 12.3. The average Bonchev–Trinajstić information content (AvgIpc) is 2.64. The Kier molecular flexibility index (Phi) is 8.03. The van der Waals surface area contributed by atoms with Crippen LogP contribution in [0.1, 0.15) is 5.56 Å². The van der Waals surface area contributed by atoms with E-state index in [1.807, 2.05) is 31.2 Å². The molecule has 0 saturated heterocycles. The zero-order valence-corrected chi connectivity index (χ0v) is 18.3. The van der Waals surface area contributed by atoms with Gasteiger partial charge in [0.15, 0.2) is 0 Å². The summed E-state index contributed by atoms with van der Waals surface area (Å²) >= 11 is 7.61. The fourth-order valence-corrected chi connectivity index (χ4v) is 4.21. The third kappa shape index (κ3) is 6.61. The molecule has 0 spiro atoms. The quantitative estimate of drug-likeness (QED) is 0.476. The van der Waals surface area contributed by atoms with Crippen molar-refractivity contribution in [1.29, 1.82) is 0 Å². The number of amides is 1. The van der Waals surface area contributed by atoms with Crippen LogP contribution in [0.5, 0.6) is 5.75 Å². The minimum Gasteiger partial charge on any atom is -0.495 e. The Labute approximate surface area is 175 Å². The number of thioether (sulfide) groups is 1. The van der Waals surface area contributed by atoms with Crippen LogP contribution in [0.15, 0.2) is 47.4 Å². The van der Waals surface area contributed by atoms with Crippen LogP contribution < -0.4 is 14.4 Å². The van der Waals surface area contributed by atoms with Crippen molar-refractivity contribution < 1.29 is 17.9 Å². The summed E-state index contributed by atoms with van der Waals surface area (Å²) in [6.07, 6.45) is 1.04. The number of aryl methyl sites for hydroxylation is 1. The number of hydrogen-bond donors (Lipinski definition) is 1. The second kappa shape index (κ2) is 10.0. The standard InChI is InChI=1S/C19H23ClN2O4S2/c1-14-4-7-16(8-5-14)27-11-10-21-19(23)13-22(28(3,24)25)17-12-15(20)6-9-18(17)26-2/h4-9,12H,10-11,13H2,1-3H3,(H,21,23). The van der Waals surface area contributed by atoms with Crippen molar-refractivity contribution in [2.45, 2.75) is 11.8 Å². The van der Waals surface area contributed by atoms with Gasteiger partial charge in [-0.15, -0.1) is 11.8 Å². The molecule has 1 amide bonds. The maximum absolute atomic E-state index is 12.3. The highest BCUT2D eigenvalue weighted by molar-refractivity contribution is 7.99. The molecule has 0 bridgehead atoms.